The number of hydrogen-bond donors (Lipinski definition) is 1. The smallest absolute Gasteiger partial charge is 0.0543 e. The van der Waals surface area contributed by atoms with Gasteiger partial charge >= 0.3 is 0 Å². The lowest BCUT2D eigenvalue weighted by Crippen LogP contribution is -1.87. The Morgan fingerprint density at radius 3 is 2.44 bits per heavy atom. The Kier molecular flexibility index (Phi) is 4.68. The fraction of sp³-hybridized carbons (Fsp3) is 0.0769. The minimum absolute atomic E-state index is 0.635. The van der Waals surface area contributed by atoms with Crippen molar-refractivity contribution >= 4 is 52.3 Å². The molecule has 0 aliphatic carbocycles. The molecule has 0 aromatic heterocycles. The average molecular weight is 319 g/mol. The summed E-state index contributed by atoms with van der Waals surface area (Å²) in [5.41, 5.74) is 7.45. The molecule has 18 heavy (non-hydrogen) atoms. The van der Waals surface area contributed by atoms with Crippen LogP contribution in [0.3, 0.4) is 0 Å². The summed E-state index contributed by atoms with van der Waals surface area (Å²) < 4.78 is 0. The predicted octanol–water partition coefficient (Wildman–Crippen LogP) is 5.52. The van der Waals surface area contributed by atoms with Crippen molar-refractivity contribution in [2.75, 3.05) is 5.73 Å². The first-order valence-electron chi connectivity index (χ1n) is 5.18. The van der Waals surface area contributed by atoms with Gasteiger partial charge in [-0.1, -0.05) is 40.9 Å². The molecule has 2 rings (SSSR count). The van der Waals surface area contributed by atoms with Crippen LogP contribution in [0.25, 0.3) is 0 Å². The Balaban J connectivity index is 2.13. The third-order valence-corrected chi connectivity index (χ3v) is 4.49. The first kappa shape index (κ1) is 13.9. The molecule has 94 valence electrons. The van der Waals surface area contributed by atoms with E-state index in [1.54, 1.807) is 30.0 Å². The van der Waals surface area contributed by atoms with Gasteiger partial charge in [-0.3, -0.25) is 0 Å². The van der Waals surface area contributed by atoms with Crippen LogP contribution in [0.5, 0.6) is 0 Å². The van der Waals surface area contributed by atoms with Gasteiger partial charge in [0.25, 0.3) is 0 Å². The van der Waals surface area contributed by atoms with Crippen molar-refractivity contribution in [3.63, 3.8) is 0 Å². The Labute approximate surface area is 125 Å². The molecular weight excluding hydrogens is 309 g/mol. The highest BCUT2D eigenvalue weighted by Gasteiger charge is 2.05. The van der Waals surface area contributed by atoms with E-state index in [1.807, 2.05) is 18.2 Å². The van der Waals surface area contributed by atoms with Crippen LogP contribution < -0.4 is 5.73 Å². The van der Waals surface area contributed by atoms with Gasteiger partial charge in [-0.15, -0.1) is 11.8 Å². The maximum atomic E-state index is 6.11. The van der Waals surface area contributed by atoms with Crippen molar-refractivity contribution in [2.45, 2.75) is 10.6 Å². The molecular formula is C13H10Cl3NS. The summed E-state index contributed by atoms with van der Waals surface area (Å²) in [4.78, 5) is 0.947. The van der Waals surface area contributed by atoms with Crippen molar-refractivity contribution in [3.05, 3.63) is 57.0 Å². The molecule has 0 atom stereocenters. The number of nitrogen functional groups attached to an aromatic ring is 1. The minimum Gasteiger partial charge on any atom is -0.399 e. The number of thioether (sulfide) groups is 1. The number of anilines is 1. The first-order valence-corrected chi connectivity index (χ1v) is 7.30. The summed E-state index contributed by atoms with van der Waals surface area (Å²) in [5.74, 6) is 0.721. The molecule has 2 N–H and O–H groups in total. The first-order chi connectivity index (χ1) is 8.56. The summed E-state index contributed by atoms with van der Waals surface area (Å²) in [7, 11) is 0. The molecule has 0 spiro atoms. The van der Waals surface area contributed by atoms with Gasteiger partial charge < -0.3 is 5.73 Å². The van der Waals surface area contributed by atoms with Gasteiger partial charge in [-0.25, -0.2) is 0 Å². The largest absolute Gasteiger partial charge is 0.399 e. The SMILES string of the molecule is Nc1ccc(Cl)c(SCc2ccc(Cl)cc2Cl)c1. The summed E-state index contributed by atoms with van der Waals surface area (Å²) in [5, 5.41) is 1.99. The van der Waals surface area contributed by atoms with Crippen molar-refractivity contribution in [1.82, 2.24) is 0 Å². The van der Waals surface area contributed by atoms with Crippen molar-refractivity contribution in [2.24, 2.45) is 0 Å². The molecule has 0 aliphatic heterocycles. The van der Waals surface area contributed by atoms with Crippen LogP contribution in [0.2, 0.25) is 15.1 Å². The Bertz CT molecular complexity index is 572. The van der Waals surface area contributed by atoms with Crippen molar-refractivity contribution in [1.29, 1.82) is 0 Å². The van der Waals surface area contributed by atoms with Crippen LogP contribution in [0.1, 0.15) is 5.56 Å². The van der Waals surface area contributed by atoms with E-state index in [2.05, 4.69) is 0 Å². The van der Waals surface area contributed by atoms with Gasteiger partial charge in [0.2, 0.25) is 0 Å². The van der Waals surface area contributed by atoms with Gasteiger partial charge in [0.1, 0.15) is 0 Å². The monoisotopic (exact) mass is 317 g/mol. The van der Waals surface area contributed by atoms with E-state index in [4.69, 9.17) is 40.5 Å². The highest BCUT2D eigenvalue weighted by Crippen LogP contribution is 2.33. The molecule has 0 aliphatic rings. The van der Waals surface area contributed by atoms with E-state index in [-0.39, 0.29) is 0 Å². The summed E-state index contributed by atoms with van der Waals surface area (Å²) in [6.45, 7) is 0. The van der Waals surface area contributed by atoms with Crippen molar-refractivity contribution in [3.8, 4) is 0 Å². The number of hydrogen-bond acceptors (Lipinski definition) is 2. The molecule has 0 bridgehead atoms. The lowest BCUT2D eigenvalue weighted by Gasteiger charge is -2.07. The second-order valence-corrected chi connectivity index (χ2v) is 5.98. The molecule has 0 heterocycles. The normalized spacial score (nSPS) is 10.6. The quantitative estimate of drug-likeness (QED) is 0.595. The number of rotatable bonds is 3. The van der Waals surface area contributed by atoms with Crippen LogP contribution in [-0.2, 0) is 5.75 Å². The third kappa shape index (κ3) is 3.48. The lowest BCUT2D eigenvalue weighted by molar-refractivity contribution is 1.38. The van der Waals surface area contributed by atoms with Gasteiger partial charge in [-0.2, -0.15) is 0 Å². The van der Waals surface area contributed by atoms with E-state index in [0.717, 1.165) is 16.2 Å². The van der Waals surface area contributed by atoms with E-state index in [1.165, 1.54) is 0 Å². The fourth-order valence-corrected chi connectivity index (χ4v) is 3.25. The topological polar surface area (TPSA) is 26.0 Å². The number of halogens is 3. The molecule has 0 saturated heterocycles. The Morgan fingerprint density at radius 1 is 0.944 bits per heavy atom. The van der Waals surface area contributed by atoms with Crippen LogP contribution in [0, 0.1) is 0 Å². The van der Waals surface area contributed by atoms with E-state index in [9.17, 15) is 0 Å². The van der Waals surface area contributed by atoms with Gasteiger partial charge in [-0.05, 0) is 35.9 Å². The molecule has 0 fully saturated rings. The Morgan fingerprint density at radius 2 is 1.72 bits per heavy atom. The summed E-state index contributed by atoms with van der Waals surface area (Å²) in [6, 6.07) is 10.9. The van der Waals surface area contributed by atoms with Crippen LogP contribution >= 0.6 is 46.6 Å². The van der Waals surface area contributed by atoms with E-state index < -0.39 is 0 Å². The molecule has 5 heteroatoms. The van der Waals surface area contributed by atoms with E-state index in [0.29, 0.717) is 20.8 Å². The standard InChI is InChI=1S/C13H10Cl3NS/c14-9-2-1-8(12(16)5-9)7-18-13-6-10(17)3-4-11(13)15/h1-6H,7,17H2. The number of benzene rings is 2. The van der Waals surface area contributed by atoms with Gasteiger partial charge in [0, 0.05) is 26.4 Å². The van der Waals surface area contributed by atoms with Crippen LogP contribution in [-0.4, -0.2) is 0 Å². The minimum atomic E-state index is 0.635. The zero-order chi connectivity index (χ0) is 13.1. The zero-order valence-electron chi connectivity index (χ0n) is 9.29. The molecule has 0 amide bonds. The molecule has 0 unspecified atom stereocenters. The molecule has 2 aromatic carbocycles. The molecule has 0 saturated carbocycles. The number of nitrogens with two attached hydrogens (primary N) is 1. The third-order valence-electron chi connectivity index (χ3n) is 2.35. The predicted molar refractivity (Wildman–Crippen MR) is 81.9 cm³/mol. The summed E-state index contributed by atoms with van der Waals surface area (Å²) >= 11 is 19.7. The maximum absolute atomic E-state index is 6.11. The fourth-order valence-electron chi connectivity index (χ4n) is 1.42. The highest BCUT2D eigenvalue weighted by molar-refractivity contribution is 7.98. The highest BCUT2D eigenvalue weighted by atomic mass is 35.5. The Hall–Kier alpha value is -0.540. The second kappa shape index (κ2) is 6.07. The molecule has 2 aromatic rings. The molecule has 0 radical (unpaired) electrons. The average Bonchev–Trinajstić information content (AvgIpc) is 2.32. The van der Waals surface area contributed by atoms with Crippen molar-refractivity contribution < 1.29 is 0 Å². The van der Waals surface area contributed by atoms with Crippen LogP contribution in [0.15, 0.2) is 41.3 Å². The van der Waals surface area contributed by atoms with E-state index >= 15 is 0 Å². The zero-order valence-corrected chi connectivity index (χ0v) is 12.4. The van der Waals surface area contributed by atoms with Gasteiger partial charge in [0.15, 0.2) is 0 Å². The summed E-state index contributed by atoms with van der Waals surface area (Å²) in [6.07, 6.45) is 0. The second-order valence-electron chi connectivity index (χ2n) is 3.71. The van der Waals surface area contributed by atoms with Crippen LogP contribution in [0.4, 0.5) is 5.69 Å². The maximum Gasteiger partial charge on any atom is 0.0543 e. The molecule has 1 nitrogen and oxygen atoms in total. The lowest BCUT2D eigenvalue weighted by atomic mass is 10.2. The van der Waals surface area contributed by atoms with Gasteiger partial charge in [0.05, 0.1) is 5.02 Å².